The van der Waals surface area contributed by atoms with Crippen LogP contribution in [0.1, 0.15) is 30.8 Å². The third-order valence-corrected chi connectivity index (χ3v) is 3.98. The molecule has 2 aromatic heterocycles. The number of hydrogen-bond donors (Lipinski definition) is 1. The molecule has 0 unspecified atom stereocenters. The minimum absolute atomic E-state index is 0.923. The number of nitrogens with zero attached hydrogens (tertiary/aromatic N) is 3. The summed E-state index contributed by atoms with van der Waals surface area (Å²) < 4.78 is 2.02. The summed E-state index contributed by atoms with van der Waals surface area (Å²) in [5.74, 6) is 0. The van der Waals surface area contributed by atoms with Gasteiger partial charge >= 0.3 is 0 Å². The van der Waals surface area contributed by atoms with Gasteiger partial charge in [0.05, 0.1) is 23.9 Å². The average Bonchev–Trinajstić information content (AvgIpc) is 2.95. The molecule has 0 aliphatic heterocycles. The van der Waals surface area contributed by atoms with Gasteiger partial charge < -0.3 is 9.88 Å². The molecule has 4 nitrogen and oxygen atoms in total. The van der Waals surface area contributed by atoms with Crippen LogP contribution in [0.4, 0.5) is 0 Å². The Balaban J connectivity index is 2.21. The smallest absolute Gasteiger partial charge is 0.142 e. The molecule has 0 atom stereocenters. The maximum atomic E-state index is 4.73. The van der Waals surface area contributed by atoms with Crippen LogP contribution in [0.25, 0.3) is 10.7 Å². The normalized spacial score (nSPS) is 11.1. The predicted molar refractivity (Wildman–Crippen MR) is 75.7 cm³/mol. The lowest BCUT2D eigenvalue weighted by Crippen LogP contribution is -2.13. The fraction of sp³-hybridized carbons (Fsp3) is 0.538. The number of imidazole rings is 1. The molecule has 0 saturated heterocycles. The summed E-state index contributed by atoms with van der Waals surface area (Å²) in [6.07, 6.45) is 5.84. The van der Waals surface area contributed by atoms with E-state index in [0.717, 1.165) is 36.6 Å². The fourth-order valence-corrected chi connectivity index (χ4v) is 3.02. The van der Waals surface area contributed by atoms with Crippen molar-refractivity contribution in [1.29, 1.82) is 0 Å². The van der Waals surface area contributed by atoms with Crippen molar-refractivity contribution in [2.45, 2.75) is 33.2 Å². The van der Waals surface area contributed by atoms with Crippen molar-refractivity contribution in [3.63, 3.8) is 0 Å². The summed E-state index contributed by atoms with van der Waals surface area (Å²) in [5.41, 5.74) is 2.30. The quantitative estimate of drug-likeness (QED) is 0.816. The van der Waals surface area contributed by atoms with E-state index in [1.54, 1.807) is 11.3 Å². The Morgan fingerprint density at radius 2 is 2.22 bits per heavy atom. The lowest BCUT2D eigenvalue weighted by atomic mass is 10.3. The zero-order chi connectivity index (χ0) is 13.0. The average molecular weight is 264 g/mol. The number of aryl methyl sites for hydroxylation is 2. The van der Waals surface area contributed by atoms with Crippen LogP contribution in [0.5, 0.6) is 0 Å². The van der Waals surface area contributed by atoms with Gasteiger partial charge in [-0.15, -0.1) is 11.3 Å². The Morgan fingerprint density at radius 3 is 2.83 bits per heavy atom. The van der Waals surface area contributed by atoms with Crippen molar-refractivity contribution in [2.75, 3.05) is 6.54 Å². The molecule has 0 spiro atoms. The summed E-state index contributed by atoms with van der Waals surface area (Å²) in [7, 11) is 2.00. The lowest BCUT2D eigenvalue weighted by molar-refractivity contribution is 0.676. The molecule has 2 rings (SSSR count). The van der Waals surface area contributed by atoms with Gasteiger partial charge in [0.2, 0.25) is 0 Å². The van der Waals surface area contributed by atoms with Crippen molar-refractivity contribution in [3.05, 3.63) is 23.1 Å². The highest BCUT2D eigenvalue weighted by molar-refractivity contribution is 7.15. The highest BCUT2D eigenvalue weighted by Crippen LogP contribution is 2.27. The fourth-order valence-electron chi connectivity index (χ4n) is 1.85. The minimum atomic E-state index is 0.923. The van der Waals surface area contributed by atoms with Gasteiger partial charge in [0.25, 0.3) is 0 Å². The molecule has 18 heavy (non-hydrogen) atoms. The summed E-state index contributed by atoms with van der Waals surface area (Å²) in [4.78, 5) is 10.2. The standard InChI is InChI=1S/C13H20N4S/c1-4-6-14-8-12-10(5-2)16-13(18-12)11-7-15-9-17(11)3/h7,9,14H,4-6,8H2,1-3H3. The third-order valence-electron chi connectivity index (χ3n) is 2.86. The molecule has 0 bridgehead atoms. The van der Waals surface area contributed by atoms with Crippen molar-refractivity contribution < 1.29 is 0 Å². The van der Waals surface area contributed by atoms with Gasteiger partial charge in [-0.25, -0.2) is 9.97 Å². The molecule has 5 heteroatoms. The highest BCUT2D eigenvalue weighted by atomic mass is 32.1. The number of thiazole rings is 1. The van der Waals surface area contributed by atoms with Gasteiger partial charge in [-0.1, -0.05) is 13.8 Å². The first-order chi connectivity index (χ1) is 8.76. The summed E-state index contributed by atoms with van der Waals surface area (Å²) in [5, 5.41) is 4.52. The van der Waals surface area contributed by atoms with Gasteiger partial charge in [0.1, 0.15) is 5.01 Å². The zero-order valence-electron chi connectivity index (χ0n) is 11.2. The molecular weight excluding hydrogens is 244 g/mol. The molecule has 0 radical (unpaired) electrons. The van der Waals surface area contributed by atoms with Crippen molar-refractivity contribution in [1.82, 2.24) is 19.9 Å². The van der Waals surface area contributed by atoms with Gasteiger partial charge in [0.15, 0.2) is 0 Å². The Labute approximate surface area is 112 Å². The second-order valence-electron chi connectivity index (χ2n) is 4.31. The molecule has 98 valence electrons. The number of nitrogens with one attached hydrogen (secondary N) is 1. The van der Waals surface area contributed by atoms with E-state index in [9.17, 15) is 0 Å². The molecule has 0 aromatic carbocycles. The lowest BCUT2D eigenvalue weighted by Gasteiger charge is -2.01. The van der Waals surface area contributed by atoms with E-state index in [1.165, 1.54) is 10.6 Å². The Bertz CT molecular complexity index is 501. The number of rotatable bonds is 6. The summed E-state index contributed by atoms with van der Waals surface area (Å²) >= 11 is 1.77. The SMILES string of the molecule is CCCNCc1sc(-c2cncn2C)nc1CC. The van der Waals surface area contributed by atoms with Gasteiger partial charge in [-0.3, -0.25) is 0 Å². The van der Waals surface area contributed by atoms with Crippen LogP contribution in [-0.4, -0.2) is 21.1 Å². The minimum Gasteiger partial charge on any atom is -0.332 e. The zero-order valence-corrected chi connectivity index (χ0v) is 12.0. The van der Waals surface area contributed by atoms with Crippen LogP contribution in [0.2, 0.25) is 0 Å². The van der Waals surface area contributed by atoms with Crippen molar-refractivity contribution >= 4 is 11.3 Å². The Morgan fingerprint density at radius 1 is 1.39 bits per heavy atom. The maximum Gasteiger partial charge on any atom is 0.142 e. The molecule has 0 aliphatic rings. The van der Waals surface area contributed by atoms with Crippen LogP contribution < -0.4 is 5.32 Å². The summed E-state index contributed by atoms with van der Waals surface area (Å²) in [6, 6.07) is 0. The Kier molecular flexibility index (Phi) is 4.49. The van der Waals surface area contributed by atoms with Gasteiger partial charge in [-0.05, 0) is 19.4 Å². The second-order valence-corrected chi connectivity index (χ2v) is 5.39. The van der Waals surface area contributed by atoms with E-state index in [0.29, 0.717) is 0 Å². The monoisotopic (exact) mass is 264 g/mol. The first-order valence-electron chi connectivity index (χ1n) is 6.42. The van der Waals surface area contributed by atoms with Crippen LogP contribution in [0, 0.1) is 0 Å². The van der Waals surface area contributed by atoms with E-state index in [1.807, 2.05) is 24.1 Å². The molecule has 2 aromatic rings. The van der Waals surface area contributed by atoms with E-state index >= 15 is 0 Å². The molecule has 0 aliphatic carbocycles. The maximum absolute atomic E-state index is 4.73. The molecule has 1 N–H and O–H groups in total. The molecular formula is C13H20N4S. The van der Waals surface area contributed by atoms with Crippen LogP contribution in [-0.2, 0) is 20.0 Å². The summed E-state index contributed by atoms with van der Waals surface area (Å²) in [6.45, 7) is 6.32. The topological polar surface area (TPSA) is 42.7 Å². The van der Waals surface area contributed by atoms with Crippen LogP contribution in [0.15, 0.2) is 12.5 Å². The Hall–Kier alpha value is -1.20. The third kappa shape index (κ3) is 2.79. The van der Waals surface area contributed by atoms with E-state index < -0.39 is 0 Å². The first-order valence-corrected chi connectivity index (χ1v) is 7.23. The second kappa shape index (κ2) is 6.11. The van der Waals surface area contributed by atoms with Gasteiger partial charge in [0, 0.05) is 18.5 Å². The van der Waals surface area contributed by atoms with Crippen LogP contribution >= 0.6 is 11.3 Å². The molecule has 0 amide bonds. The molecule has 0 saturated carbocycles. The molecule has 0 fully saturated rings. The first kappa shape index (κ1) is 13.2. The predicted octanol–water partition coefficient (Wildman–Crippen LogP) is 2.61. The van der Waals surface area contributed by atoms with Crippen molar-refractivity contribution in [2.24, 2.45) is 7.05 Å². The van der Waals surface area contributed by atoms with Gasteiger partial charge in [-0.2, -0.15) is 0 Å². The number of aromatic nitrogens is 3. The highest BCUT2D eigenvalue weighted by Gasteiger charge is 2.13. The molecule has 2 heterocycles. The van der Waals surface area contributed by atoms with Crippen molar-refractivity contribution in [3.8, 4) is 10.7 Å². The largest absolute Gasteiger partial charge is 0.332 e. The van der Waals surface area contributed by atoms with E-state index in [2.05, 4.69) is 24.1 Å². The van der Waals surface area contributed by atoms with E-state index in [4.69, 9.17) is 4.98 Å². The van der Waals surface area contributed by atoms with E-state index in [-0.39, 0.29) is 0 Å². The number of hydrogen-bond acceptors (Lipinski definition) is 4. The van der Waals surface area contributed by atoms with Crippen LogP contribution in [0.3, 0.4) is 0 Å².